The first-order valence-corrected chi connectivity index (χ1v) is 9.44. The molecule has 0 aromatic heterocycles. The number of likely N-dealkylation sites (tertiary alicyclic amines) is 1. The number of carbonyl (C=O) groups is 1. The minimum Gasteiger partial charge on any atom is -0.377 e. The Morgan fingerprint density at radius 1 is 1.00 bits per heavy atom. The summed E-state index contributed by atoms with van der Waals surface area (Å²) in [6, 6.07) is 12.7. The quantitative estimate of drug-likeness (QED) is 0.675. The van der Waals surface area contributed by atoms with E-state index in [9.17, 15) is 13.6 Å². The Morgan fingerprint density at radius 2 is 1.63 bits per heavy atom. The van der Waals surface area contributed by atoms with Gasteiger partial charge in [0.1, 0.15) is 11.6 Å². The van der Waals surface area contributed by atoms with Crippen LogP contribution in [0.15, 0.2) is 48.5 Å². The van der Waals surface area contributed by atoms with Gasteiger partial charge in [0.15, 0.2) is 0 Å². The summed E-state index contributed by atoms with van der Waals surface area (Å²) in [4.78, 5) is 14.2. The summed E-state index contributed by atoms with van der Waals surface area (Å²) in [7, 11) is 0. The molecule has 5 heteroatoms. The highest BCUT2D eigenvalue weighted by Gasteiger charge is 2.22. The minimum atomic E-state index is -0.308. The van der Waals surface area contributed by atoms with E-state index in [1.165, 1.54) is 24.3 Å². The second-order valence-electron chi connectivity index (χ2n) is 7.10. The molecule has 0 atom stereocenters. The summed E-state index contributed by atoms with van der Waals surface area (Å²) in [6.45, 7) is 2.53. The Hall–Kier alpha value is -2.27. The Labute approximate surface area is 158 Å². The van der Waals surface area contributed by atoms with Crippen molar-refractivity contribution < 1.29 is 18.3 Å². The van der Waals surface area contributed by atoms with Crippen molar-refractivity contribution in [3.63, 3.8) is 0 Å². The van der Waals surface area contributed by atoms with Crippen molar-refractivity contribution in [1.29, 1.82) is 0 Å². The van der Waals surface area contributed by atoms with E-state index in [1.807, 2.05) is 11.0 Å². The van der Waals surface area contributed by atoms with Gasteiger partial charge in [-0.1, -0.05) is 24.3 Å². The van der Waals surface area contributed by atoms with Crippen LogP contribution in [-0.4, -0.2) is 30.5 Å². The van der Waals surface area contributed by atoms with Gasteiger partial charge in [0.2, 0.25) is 5.91 Å². The maximum atomic E-state index is 13.2. The first-order chi connectivity index (χ1) is 13.1. The van der Waals surface area contributed by atoms with Gasteiger partial charge in [0, 0.05) is 19.7 Å². The predicted octanol–water partition coefficient (Wildman–Crippen LogP) is 4.35. The lowest BCUT2D eigenvalue weighted by Gasteiger charge is -2.32. The zero-order valence-electron chi connectivity index (χ0n) is 15.4. The molecule has 0 unspecified atom stereocenters. The van der Waals surface area contributed by atoms with Gasteiger partial charge in [-0.25, -0.2) is 8.78 Å². The number of benzene rings is 2. The summed E-state index contributed by atoms with van der Waals surface area (Å²) in [5, 5.41) is 0. The van der Waals surface area contributed by atoms with Gasteiger partial charge in [0.05, 0.1) is 13.0 Å². The SMILES string of the molecule is O=C(Cc1cccc(F)c1)N1CCC(CCOCc2cccc(F)c2)CC1. The van der Waals surface area contributed by atoms with Crippen molar-refractivity contribution in [2.75, 3.05) is 19.7 Å². The smallest absolute Gasteiger partial charge is 0.226 e. The minimum absolute atomic E-state index is 0.0569. The molecule has 3 rings (SSSR count). The lowest BCUT2D eigenvalue weighted by Crippen LogP contribution is -2.39. The summed E-state index contributed by atoms with van der Waals surface area (Å²) in [5.41, 5.74) is 1.56. The lowest BCUT2D eigenvalue weighted by atomic mass is 9.93. The maximum absolute atomic E-state index is 13.2. The second kappa shape index (κ2) is 9.60. The van der Waals surface area contributed by atoms with Crippen LogP contribution in [0.25, 0.3) is 0 Å². The molecule has 1 aliphatic heterocycles. The average Bonchev–Trinajstić information content (AvgIpc) is 2.66. The number of piperidine rings is 1. The molecule has 0 bridgehead atoms. The van der Waals surface area contributed by atoms with E-state index < -0.39 is 0 Å². The van der Waals surface area contributed by atoms with Crippen LogP contribution in [0.1, 0.15) is 30.4 Å². The third-order valence-electron chi connectivity index (χ3n) is 5.04. The average molecular weight is 373 g/mol. The van der Waals surface area contributed by atoms with Crippen LogP contribution in [0.4, 0.5) is 8.78 Å². The van der Waals surface area contributed by atoms with Crippen molar-refractivity contribution in [3.8, 4) is 0 Å². The van der Waals surface area contributed by atoms with Gasteiger partial charge < -0.3 is 9.64 Å². The van der Waals surface area contributed by atoms with Crippen LogP contribution in [-0.2, 0) is 22.6 Å². The van der Waals surface area contributed by atoms with Crippen molar-refractivity contribution in [2.45, 2.75) is 32.3 Å². The Kier molecular flexibility index (Phi) is 6.93. The fourth-order valence-corrected chi connectivity index (χ4v) is 3.47. The number of halogens is 2. The molecule has 3 nitrogen and oxygen atoms in total. The molecule has 0 N–H and O–H groups in total. The van der Waals surface area contributed by atoms with E-state index >= 15 is 0 Å². The van der Waals surface area contributed by atoms with E-state index in [0.717, 1.165) is 37.9 Å². The second-order valence-corrected chi connectivity index (χ2v) is 7.10. The van der Waals surface area contributed by atoms with Crippen molar-refractivity contribution in [3.05, 3.63) is 71.3 Å². The van der Waals surface area contributed by atoms with Crippen LogP contribution in [0.2, 0.25) is 0 Å². The van der Waals surface area contributed by atoms with E-state index in [2.05, 4.69) is 0 Å². The number of nitrogens with zero attached hydrogens (tertiary/aromatic N) is 1. The first kappa shape index (κ1) is 19.5. The zero-order chi connectivity index (χ0) is 19.1. The molecule has 1 heterocycles. The van der Waals surface area contributed by atoms with Gasteiger partial charge in [-0.2, -0.15) is 0 Å². The highest BCUT2D eigenvalue weighted by molar-refractivity contribution is 5.78. The Morgan fingerprint density at radius 3 is 2.30 bits per heavy atom. The predicted molar refractivity (Wildman–Crippen MR) is 100 cm³/mol. The molecule has 144 valence electrons. The molecule has 0 aliphatic carbocycles. The maximum Gasteiger partial charge on any atom is 0.226 e. The molecule has 1 amide bonds. The van der Waals surface area contributed by atoms with Gasteiger partial charge >= 0.3 is 0 Å². The number of rotatable bonds is 7. The number of hydrogen-bond acceptors (Lipinski definition) is 2. The van der Waals surface area contributed by atoms with Gasteiger partial charge in [0.25, 0.3) is 0 Å². The van der Waals surface area contributed by atoms with E-state index in [4.69, 9.17) is 4.74 Å². The number of hydrogen-bond donors (Lipinski definition) is 0. The fourth-order valence-electron chi connectivity index (χ4n) is 3.47. The van der Waals surface area contributed by atoms with E-state index in [1.54, 1.807) is 18.2 Å². The molecule has 2 aromatic rings. The standard InChI is InChI=1S/C22H25F2NO2/c23-20-5-1-3-18(13-20)15-22(26)25-10-7-17(8-11-25)9-12-27-16-19-4-2-6-21(24)14-19/h1-6,13-14,17H,7-12,15-16H2. The summed E-state index contributed by atoms with van der Waals surface area (Å²) in [5.74, 6) is 0.0424. The van der Waals surface area contributed by atoms with Crippen molar-refractivity contribution in [1.82, 2.24) is 4.90 Å². The topological polar surface area (TPSA) is 29.5 Å². The Bertz CT molecular complexity index is 757. The monoisotopic (exact) mass is 373 g/mol. The van der Waals surface area contributed by atoms with Crippen LogP contribution < -0.4 is 0 Å². The van der Waals surface area contributed by atoms with Gasteiger partial charge in [-0.05, 0) is 60.6 Å². The molecule has 0 saturated carbocycles. The van der Waals surface area contributed by atoms with E-state index in [-0.39, 0.29) is 24.0 Å². The number of carbonyl (C=O) groups excluding carboxylic acids is 1. The number of ether oxygens (including phenoxy) is 1. The molecule has 0 spiro atoms. The molecular weight excluding hydrogens is 348 g/mol. The Balaban J connectivity index is 1.34. The van der Waals surface area contributed by atoms with E-state index in [0.29, 0.717) is 24.7 Å². The number of amides is 1. The molecule has 27 heavy (non-hydrogen) atoms. The molecule has 1 fully saturated rings. The van der Waals surface area contributed by atoms with Gasteiger partial charge in [-0.15, -0.1) is 0 Å². The zero-order valence-corrected chi connectivity index (χ0v) is 15.4. The normalized spacial score (nSPS) is 15.1. The third kappa shape index (κ3) is 6.14. The molecule has 2 aromatic carbocycles. The fraction of sp³-hybridized carbons (Fsp3) is 0.409. The summed E-state index contributed by atoms with van der Waals surface area (Å²) < 4.78 is 32.0. The molecule has 1 aliphatic rings. The van der Waals surface area contributed by atoms with Crippen LogP contribution in [0.5, 0.6) is 0 Å². The lowest BCUT2D eigenvalue weighted by molar-refractivity contribution is -0.131. The highest BCUT2D eigenvalue weighted by atomic mass is 19.1. The summed E-state index contributed by atoms with van der Waals surface area (Å²) >= 11 is 0. The largest absolute Gasteiger partial charge is 0.377 e. The van der Waals surface area contributed by atoms with Gasteiger partial charge in [-0.3, -0.25) is 4.79 Å². The van der Waals surface area contributed by atoms with Crippen molar-refractivity contribution in [2.24, 2.45) is 5.92 Å². The first-order valence-electron chi connectivity index (χ1n) is 9.44. The highest BCUT2D eigenvalue weighted by Crippen LogP contribution is 2.21. The van der Waals surface area contributed by atoms with Crippen LogP contribution >= 0.6 is 0 Å². The van der Waals surface area contributed by atoms with Crippen LogP contribution in [0.3, 0.4) is 0 Å². The molecule has 1 saturated heterocycles. The summed E-state index contributed by atoms with van der Waals surface area (Å²) in [6.07, 6.45) is 3.11. The van der Waals surface area contributed by atoms with Crippen LogP contribution in [0, 0.1) is 17.6 Å². The van der Waals surface area contributed by atoms with Crippen molar-refractivity contribution >= 4 is 5.91 Å². The molecular formula is C22H25F2NO2. The molecule has 0 radical (unpaired) electrons. The third-order valence-corrected chi connectivity index (χ3v) is 5.04.